The Bertz CT molecular complexity index is 562. The zero-order valence-electron chi connectivity index (χ0n) is 14.4. The first-order valence-electron chi connectivity index (χ1n) is 8.65. The van der Waals surface area contributed by atoms with Gasteiger partial charge >= 0.3 is 6.03 Å². The molecule has 1 aromatic rings. The first-order chi connectivity index (χ1) is 11.6. The first kappa shape index (κ1) is 18.1. The van der Waals surface area contributed by atoms with Crippen molar-refractivity contribution < 1.29 is 14.3 Å². The van der Waals surface area contributed by atoms with Crippen LogP contribution >= 0.6 is 0 Å². The molecule has 0 unspecified atom stereocenters. The average molecular weight is 333 g/mol. The zero-order chi connectivity index (χ0) is 17.4. The summed E-state index contributed by atoms with van der Waals surface area (Å²) in [7, 11) is 0. The van der Waals surface area contributed by atoms with Crippen LogP contribution in [0.25, 0.3) is 0 Å². The molecule has 24 heavy (non-hydrogen) atoms. The van der Waals surface area contributed by atoms with Crippen LogP contribution < -0.4 is 20.7 Å². The van der Waals surface area contributed by atoms with E-state index in [4.69, 9.17) is 4.74 Å². The zero-order valence-corrected chi connectivity index (χ0v) is 14.4. The van der Waals surface area contributed by atoms with Crippen molar-refractivity contribution in [2.24, 2.45) is 0 Å². The van der Waals surface area contributed by atoms with E-state index in [0.717, 1.165) is 30.6 Å². The number of urea groups is 1. The third kappa shape index (κ3) is 5.44. The van der Waals surface area contributed by atoms with Gasteiger partial charge in [-0.3, -0.25) is 4.79 Å². The quantitative estimate of drug-likeness (QED) is 0.748. The van der Waals surface area contributed by atoms with Gasteiger partial charge in [-0.2, -0.15) is 0 Å². The third-order valence-electron chi connectivity index (χ3n) is 4.15. The maximum absolute atomic E-state index is 12.1. The predicted octanol–water partition coefficient (Wildman–Crippen LogP) is 2.50. The van der Waals surface area contributed by atoms with Gasteiger partial charge in [-0.05, 0) is 32.3 Å². The van der Waals surface area contributed by atoms with Crippen molar-refractivity contribution in [1.82, 2.24) is 16.0 Å². The number of amides is 3. The lowest BCUT2D eigenvalue weighted by Crippen LogP contribution is -2.40. The van der Waals surface area contributed by atoms with Gasteiger partial charge in [-0.15, -0.1) is 0 Å². The van der Waals surface area contributed by atoms with Gasteiger partial charge in [0.2, 0.25) is 5.91 Å². The predicted molar refractivity (Wildman–Crippen MR) is 93.0 cm³/mol. The van der Waals surface area contributed by atoms with Crippen molar-refractivity contribution in [1.29, 1.82) is 0 Å². The summed E-state index contributed by atoms with van der Waals surface area (Å²) in [6, 6.07) is 7.60. The molecule has 0 radical (unpaired) electrons. The number of benzene rings is 1. The number of rotatable bonds is 6. The standard InChI is InChI=1S/C18H27N3O3/c1-3-13(2)20-17(22)10-11-19-18(23)21-15-8-6-12-24-16-9-5-4-7-14(15)16/h4-5,7,9,13,15H,3,6,8,10-12H2,1-2H3,(H,20,22)(H2,19,21,23)/t13-,15+/m1/s1. The molecule has 0 bridgehead atoms. The van der Waals surface area contributed by atoms with Crippen LogP contribution in [0.2, 0.25) is 0 Å². The van der Waals surface area contributed by atoms with E-state index in [-0.39, 0.29) is 30.4 Å². The number of fused-ring (bicyclic) bond motifs is 1. The lowest BCUT2D eigenvalue weighted by molar-refractivity contribution is -0.121. The fourth-order valence-electron chi connectivity index (χ4n) is 2.62. The van der Waals surface area contributed by atoms with Gasteiger partial charge in [0.05, 0.1) is 12.6 Å². The number of carbonyl (C=O) groups excluding carboxylic acids is 2. The summed E-state index contributed by atoms with van der Waals surface area (Å²) < 4.78 is 5.70. The van der Waals surface area contributed by atoms with Gasteiger partial charge in [0, 0.05) is 24.6 Å². The van der Waals surface area contributed by atoms with E-state index in [1.54, 1.807) is 0 Å². The summed E-state index contributed by atoms with van der Waals surface area (Å²) in [5.41, 5.74) is 1.000. The van der Waals surface area contributed by atoms with Crippen molar-refractivity contribution >= 4 is 11.9 Å². The lowest BCUT2D eigenvalue weighted by Gasteiger charge is -2.18. The summed E-state index contributed by atoms with van der Waals surface area (Å²) in [5, 5.41) is 8.61. The molecule has 2 atom stereocenters. The van der Waals surface area contributed by atoms with E-state index in [0.29, 0.717) is 13.2 Å². The maximum atomic E-state index is 12.1. The van der Waals surface area contributed by atoms with Crippen LogP contribution in [-0.2, 0) is 4.79 Å². The highest BCUT2D eigenvalue weighted by atomic mass is 16.5. The van der Waals surface area contributed by atoms with Crippen molar-refractivity contribution in [3.8, 4) is 5.75 Å². The normalized spacial score (nSPS) is 17.7. The number of nitrogens with one attached hydrogen (secondary N) is 3. The van der Waals surface area contributed by atoms with E-state index in [1.807, 2.05) is 38.1 Å². The fourth-order valence-corrected chi connectivity index (χ4v) is 2.62. The monoisotopic (exact) mass is 333 g/mol. The molecule has 132 valence electrons. The fraction of sp³-hybridized carbons (Fsp3) is 0.556. The highest BCUT2D eigenvalue weighted by molar-refractivity contribution is 5.78. The molecule has 0 saturated carbocycles. The van der Waals surface area contributed by atoms with Crippen LogP contribution in [0.3, 0.4) is 0 Å². The van der Waals surface area contributed by atoms with Crippen molar-refractivity contribution in [3.05, 3.63) is 29.8 Å². The van der Waals surface area contributed by atoms with Gasteiger partial charge in [-0.25, -0.2) is 4.79 Å². The van der Waals surface area contributed by atoms with Crippen LogP contribution in [0.5, 0.6) is 5.75 Å². The van der Waals surface area contributed by atoms with Crippen LogP contribution in [0, 0.1) is 0 Å². The van der Waals surface area contributed by atoms with Gasteiger partial charge < -0.3 is 20.7 Å². The minimum atomic E-state index is -0.256. The second-order valence-corrected chi connectivity index (χ2v) is 6.11. The van der Waals surface area contributed by atoms with Gasteiger partial charge in [0.25, 0.3) is 0 Å². The summed E-state index contributed by atoms with van der Waals surface area (Å²) in [5.74, 6) is 0.783. The number of hydrogen-bond donors (Lipinski definition) is 3. The maximum Gasteiger partial charge on any atom is 0.315 e. The van der Waals surface area contributed by atoms with E-state index < -0.39 is 0 Å². The summed E-state index contributed by atoms with van der Waals surface area (Å²) >= 11 is 0. The molecule has 0 fully saturated rings. The Morgan fingerprint density at radius 3 is 2.92 bits per heavy atom. The van der Waals surface area contributed by atoms with E-state index in [1.165, 1.54) is 0 Å². The Balaban J connectivity index is 1.79. The van der Waals surface area contributed by atoms with Crippen molar-refractivity contribution in [3.63, 3.8) is 0 Å². The minimum absolute atomic E-state index is 0.0436. The second-order valence-electron chi connectivity index (χ2n) is 6.11. The van der Waals surface area contributed by atoms with E-state index >= 15 is 0 Å². The molecular formula is C18H27N3O3. The van der Waals surface area contributed by atoms with Crippen LogP contribution in [0.1, 0.15) is 51.1 Å². The van der Waals surface area contributed by atoms with Gasteiger partial charge in [-0.1, -0.05) is 25.1 Å². The summed E-state index contributed by atoms with van der Waals surface area (Å²) in [6.07, 6.45) is 2.89. The van der Waals surface area contributed by atoms with E-state index in [9.17, 15) is 9.59 Å². The molecular weight excluding hydrogens is 306 g/mol. The van der Waals surface area contributed by atoms with Crippen LogP contribution in [0.4, 0.5) is 4.79 Å². The molecule has 1 heterocycles. The summed E-state index contributed by atoms with van der Waals surface area (Å²) in [6.45, 7) is 4.96. The Hall–Kier alpha value is -2.24. The molecule has 1 aliphatic rings. The van der Waals surface area contributed by atoms with Crippen molar-refractivity contribution in [2.45, 2.75) is 51.6 Å². The smallest absolute Gasteiger partial charge is 0.315 e. The molecule has 1 aliphatic heterocycles. The third-order valence-corrected chi connectivity index (χ3v) is 4.15. The highest BCUT2D eigenvalue weighted by Crippen LogP contribution is 2.30. The molecule has 6 heteroatoms. The average Bonchev–Trinajstić information content (AvgIpc) is 2.77. The lowest BCUT2D eigenvalue weighted by atomic mass is 10.0. The SMILES string of the molecule is CC[C@@H](C)NC(=O)CCNC(=O)N[C@H]1CCCOc2ccccc21. The summed E-state index contributed by atoms with van der Waals surface area (Å²) in [4.78, 5) is 23.8. The Labute approximate surface area is 143 Å². The number of hydrogen-bond acceptors (Lipinski definition) is 3. The molecule has 2 rings (SSSR count). The Morgan fingerprint density at radius 1 is 1.33 bits per heavy atom. The number of carbonyl (C=O) groups is 2. The molecule has 1 aromatic carbocycles. The first-order valence-corrected chi connectivity index (χ1v) is 8.65. The molecule has 0 saturated heterocycles. The van der Waals surface area contributed by atoms with Gasteiger partial charge in [0.15, 0.2) is 0 Å². The minimum Gasteiger partial charge on any atom is -0.493 e. The number of para-hydroxylation sites is 1. The second kappa shape index (κ2) is 9.15. The van der Waals surface area contributed by atoms with E-state index in [2.05, 4.69) is 16.0 Å². The number of ether oxygens (including phenoxy) is 1. The largest absolute Gasteiger partial charge is 0.493 e. The molecule has 0 spiro atoms. The molecule has 3 amide bonds. The van der Waals surface area contributed by atoms with Crippen LogP contribution in [-0.4, -0.2) is 31.1 Å². The molecule has 0 aliphatic carbocycles. The molecule has 3 N–H and O–H groups in total. The van der Waals surface area contributed by atoms with Crippen LogP contribution in [0.15, 0.2) is 24.3 Å². The molecule has 0 aromatic heterocycles. The van der Waals surface area contributed by atoms with Gasteiger partial charge in [0.1, 0.15) is 5.75 Å². The molecule has 6 nitrogen and oxygen atoms in total. The Kier molecular flexibility index (Phi) is 6.90. The Morgan fingerprint density at radius 2 is 2.12 bits per heavy atom. The van der Waals surface area contributed by atoms with Crippen molar-refractivity contribution in [2.75, 3.05) is 13.2 Å². The topological polar surface area (TPSA) is 79.5 Å². The highest BCUT2D eigenvalue weighted by Gasteiger charge is 2.21.